The van der Waals surface area contributed by atoms with Crippen LogP contribution in [0.15, 0.2) is 24.3 Å². The number of rotatable bonds is 4. The first-order valence-corrected chi connectivity index (χ1v) is 10.9. The summed E-state index contributed by atoms with van der Waals surface area (Å²) in [5.74, 6) is 1.75. The lowest BCUT2D eigenvalue weighted by Gasteiger charge is -2.48. The molecule has 1 aromatic rings. The van der Waals surface area contributed by atoms with Gasteiger partial charge >= 0.3 is 0 Å². The van der Waals surface area contributed by atoms with Gasteiger partial charge in [-0.15, -0.1) is 0 Å². The third-order valence-electron chi connectivity index (χ3n) is 7.13. The third-order valence-corrected chi connectivity index (χ3v) is 7.13. The Morgan fingerprint density at radius 3 is 2.41 bits per heavy atom. The van der Waals surface area contributed by atoms with Crippen molar-refractivity contribution in [1.29, 1.82) is 0 Å². The topological polar surface area (TPSA) is 19.0 Å². The number of piperidine rings is 2. The molecule has 150 valence electrons. The van der Waals surface area contributed by atoms with Crippen molar-refractivity contribution in [2.45, 2.75) is 52.1 Å². The van der Waals surface area contributed by atoms with Gasteiger partial charge in [-0.3, -0.25) is 4.90 Å². The Kier molecular flexibility index (Phi) is 5.39. The van der Waals surface area contributed by atoms with Crippen molar-refractivity contribution in [3.05, 3.63) is 24.3 Å². The van der Waals surface area contributed by atoms with Crippen molar-refractivity contribution < 1.29 is 4.74 Å². The van der Waals surface area contributed by atoms with Crippen molar-refractivity contribution >= 4 is 5.69 Å². The fraction of sp³-hybridized carbons (Fsp3) is 0.739. The number of nitrogens with zero attached hydrogens (tertiary/aromatic N) is 3. The van der Waals surface area contributed by atoms with Crippen molar-refractivity contribution in [2.24, 2.45) is 11.3 Å². The first kappa shape index (κ1) is 19.1. The van der Waals surface area contributed by atoms with Crippen molar-refractivity contribution in [1.82, 2.24) is 9.80 Å². The van der Waals surface area contributed by atoms with Gasteiger partial charge in [-0.2, -0.15) is 0 Å². The van der Waals surface area contributed by atoms with Gasteiger partial charge in [-0.25, -0.2) is 0 Å². The van der Waals surface area contributed by atoms with Gasteiger partial charge in [-0.1, -0.05) is 13.8 Å². The molecule has 4 heterocycles. The number of ether oxygens (including phenoxy) is 1. The second-order valence-corrected chi connectivity index (χ2v) is 9.64. The quantitative estimate of drug-likeness (QED) is 0.803. The van der Waals surface area contributed by atoms with Crippen LogP contribution < -0.4 is 9.64 Å². The molecule has 1 aromatic carbocycles. The standard InChI is InChI=1S/C23H37N3O/c1-5-27-21-8-6-20(7-9-21)26-16-18-14-23(2,3)22(26)17-25(15-18)19-10-12-24(4)13-11-19/h6-9,18-19,22H,5,10-17H2,1-4H3. The monoisotopic (exact) mass is 371 g/mol. The fourth-order valence-electron chi connectivity index (χ4n) is 5.71. The first-order valence-electron chi connectivity index (χ1n) is 10.9. The molecule has 0 radical (unpaired) electrons. The van der Waals surface area contributed by atoms with Crippen LogP contribution in [-0.2, 0) is 0 Å². The molecule has 4 heteroatoms. The lowest BCUT2D eigenvalue weighted by molar-refractivity contribution is 0.115. The van der Waals surface area contributed by atoms with E-state index in [1.54, 1.807) is 0 Å². The molecule has 2 unspecified atom stereocenters. The number of hydrogen-bond acceptors (Lipinski definition) is 4. The molecule has 0 aromatic heterocycles. The molecule has 27 heavy (non-hydrogen) atoms. The average Bonchev–Trinajstić information content (AvgIpc) is 2.90. The molecule has 2 bridgehead atoms. The van der Waals surface area contributed by atoms with Crippen molar-refractivity contribution in [3.8, 4) is 5.75 Å². The van der Waals surface area contributed by atoms with Crippen LogP contribution in [0.2, 0.25) is 0 Å². The van der Waals surface area contributed by atoms with Gasteiger partial charge in [0.15, 0.2) is 0 Å². The Hall–Kier alpha value is -1.26. The highest BCUT2D eigenvalue weighted by atomic mass is 16.5. The van der Waals surface area contributed by atoms with E-state index < -0.39 is 0 Å². The van der Waals surface area contributed by atoms with E-state index in [1.807, 2.05) is 6.92 Å². The highest BCUT2D eigenvalue weighted by Crippen LogP contribution is 2.44. The zero-order chi connectivity index (χ0) is 19.0. The zero-order valence-corrected chi connectivity index (χ0v) is 17.7. The predicted octanol–water partition coefficient (Wildman–Crippen LogP) is 3.72. The molecule has 4 aliphatic rings. The van der Waals surface area contributed by atoms with Crippen LogP contribution in [0.25, 0.3) is 0 Å². The van der Waals surface area contributed by atoms with Crippen molar-refractivity contribution in [3.63, 3.8) is 0 Å². The minimum Gasteiger partial charge on any atom is -0.494 e. The maximum Gasteiger partial charge on any atom is 0.119 e. The largest absolute Gasteiger partial charge is 0.494 e. The molecule has 0 saturated carbocycles. The van der Waals surface area contributed by atoms with E-state index in [0.29, 0.717) is 11.5 Å². The lowest BCUT2D eigenvalue weighted by atomic mass is 9.73. The lowest BCUT2D eigenvalue weighted by Crippen LogP contribution is -2.54. The molecule has 2 atom stereocenters. The van der Waals surface area contributed by atoms with E-state index in [0.717, 1.165) is 24.3 Å². The van der Waals surface area contributed by atoms with Gasteiger partial charge in [0.2, 0.25) is 0 Å². The van der Waals surface area contributed by atoms with Crippen LogP contribution in [0.4, 0.5) is 5.69 Å². The summed E-state index contributed by atoms with van der Waals surface area (Å²) in [7, 11) is 2.26. The van der Waals surface area contributed by atoms with Crippen LogP contribution in [0, 0.1) is 11.3 Å². The van der Waals surface area contributed by atoms with Crippen molar-refractivity contribution in [2.75, 3.05) is 51.3 Å². The van der Waals surface area contributed by atoms with Gasteiger partial charge in [-0.05, 0) is 81.9 Å². The molecular weight excluding hydrogens is 334 g/mol. The van der Waals surface area contributed by atoms with Crippen LogP contribution >= 0.6 is 0 Å². The molecule has 0 N–H and O–H groups in total. The summed E-state index contributed by atoms with van der Waals surface area (Å²) in [5, 5.41) is 0. The molecule has 4 fully saturated rings. The second-order valence-electron chi connectivity index (χ2n) is 9.64. The Labute approximate surface area is 165 Å². The van der Waals surface area contributed by atoms with E-state index in [-0.39, 0.29) is 0 Å². The normalized spacial score (nSPS) is 29.7. The molecule has 0 aliphatic carbocycles. The number of anilines is 1. The van der Waals surface area contributed by atoms with E-state index in [9.17, 15) is 0 Å². The summed E-state index contributed by atoms with van der Waals surface area (Å²) in [6.45, 7) is 13.9. The molecular formula is C23H37N3O. The van der Waals surface area contributed by atoms with Crippen LogP contribution in [0.5, 0.6) is 5.75 Å². The van der Waals surface area contributed by atoms with Gasteiger partial charge in [0.05, 0.1) is 6.61 Å². The molecule has 0 amide bonds. The predicted molar refractivity (Wildman–Crippen MR) is 113 cm³/mol. The molecule has 0 spiro atoms. The van der Waals surface area contributed by atoms with Crippen LogP contribution in [0.3, 0.4) is 0 Å². The van der Waals surface area contributed by atoms with E-state index in [2.05, 4.69) is 59.9 Å². The van der Waals surface area contributed by atoms with E-state index in [1.165, 1.54) is 57.7 Å². The van der Waals surface area contributed by atoms with E-state index >= 15 is 0 Å². The smallest absolute Gasteiger partial charge is 0.119 e. The van der Waals surface area contributed by atoms with E-state index in [4.69, 9.17) is 4.74 Å². The Morgan fingerprint density at radius 2 is 1.74 bits per heavy atom. The second kappa shape index (κ2) is 7.63. The Balaban J connectivity index is 1.54. The Morgan fingerprint density at radius 1 is 1.04 bits per heavy atom. The van der Waals surface area contributed by atoms with Crippen LogP contribution in [-0.4, -0.2) is 68.3 Å². The molecule has 4 aliphatic heterocycles. The number of benzene rings is 1. The first-order chi connectivity index (χ1) is 13.0. The SMILES string of the molecule is CCOc1ccc(N2CC3CN(C4CCN(C)CC4)CC2C(C)(C)C3)cc1. The highest BCUT2D eigenvalue weighted by molar-refractivity contribution is 5.51. The summed E-state index contributed by atoms with van der Waals surface area (Å²) >= 11 is 0. The fourth-order valence-corrected chi connectivity index (χ4v) is 5.71. The van der Waals surface area contributed by atoms with Gasteiger partial charge in [0.25, 0.3) is 0 Å². The molecule has 4 saturated heterocycles. The zero-order valence-electron chi connectivity index (χ0n) is 17.7. The summed E-state index contributed by atoms with van der Waals surface area (Å²) in [6.07, 6.45) is 4.02. The minimum atomic E-state index is 0.363. The Bertz CT molecular complexity index is 621. The maximum absolute atomic E-state index is 5.65. The average molecular weight is 372 g/mol. The minimum absolute atomic E-state index is 0.363. The summed E-state index contributed by atoms with van der Waals surface area (Å²) in [5.41, 5.74) is 1.73. The summed E-state index contributed by atoms with van der Waals surface area (Å²) < 4.78 is 5.65. The summed E-state index contributed by atoms with van der Waals surface area (Å²) in [6, 6.07) is 10.2. The molecule has 4 nitrogen and oxygen atoms in total. The number of fused-ring (bicyclic) bond motifs is 4. The van der Waals surface area contributed by atoms with Gasteiger partial charge in [0, 0.05) is 37.4 Å². The highest BCUT2D eigenvalue weighted by Gasteiger charge is 2.46. The van der Waals surface area contributed by atoms with Gasteiger partial charge in [0.1, 0.15) is 5.75 Å². The van der Waals surface area contributed by atoms with Gasteiger partial charge < -0.3 is 14.5 Å². The number of hydrogen-bond donors (Lipinski definition) is 0. The summed E-state index contributed by atoms with van der Waals surface area (Å²) in [4.78, 5) is 8.05. The third kappa shape index (κ3) is 3.97. The molecule has 5 rings (SSSR count). The number of likely N-dealkylation sites (tertiary alicyclic amines) is 1. The van der Waals surface area contributed by atoms with Crippen LogP contribution in [0.1, 0.15) is 40.0 Å². The maximum atomic E-state index is 5.65.